The molecule has 9 heteroatoms. The third-order valence-corrected chi connectivity index (χ3v) is 6.18. The number of halogens is 1. The largest absolute Gasteiger partial charge is 0.497 e. The third-order valence-electron chi connectivity index (χ3n) is 5.18. The van der Waals surface area contributed by atoms with Crippen LogP contribution in [0.5, 0.6) is 11.5 Å². The topological polar surface area (TPSA) is 80.2 Å². The first kappa shape index (κ1) is 25.0. The van der Waals surface area contributed by atoms with E-state index in [1.165, 1.54) is 36.0 Å². The minimum Gasteiger partial charge on any atom is -0.497 e. The Morgan fingerprint density at radius 3 is 2.33 bits per heavy atom. The number of nitrogens with one attached hydrogen (secondary N) is 1. The van der Waals surface area contributed by atoms with Crippen molar-refractivity contribution in [3.63, 3.8) is 0 Å². The Bertz CT molecular complexity index is 1290. The highest BCUT2D eigenvalue weighted by molar-refractivity contribution is 8.18. The fourth-order valence-corrected chi connectivity index (χ4v) is 4.39. The van der Waals surface area contributed by atoms with Crippen molar-refractivity contribution in [2.45, 2.75) is 6.92 Å². The average Bonchev–Trinajstić information content (AvgIpc) is 3.18. The molecule has 36 heavy (non-hydrogen) atoms. The molecule has 0 spiro atoms. The zero-order chi connectivity index (χ0) is 25.5. The van der Waals surface area contributed by atoms with Crippen LogP contribution < -0.4 is 14.8 Å². The van der Waals surface area contributed by atoms with Gasteiger partial charge in [-0.15, -0.1) is 0 Å². The van der Waals surface area contributed by atoms with E-state index >= 15 is 0 Å². The van der Waals surface area contributed by atoms with Crippen molar-refractivity contribution in [1.82, 2.24) is 4.90 Å². The molecule has 0 radical (unpaired) electrons. The number of benzene rings is 3. The number of aliphatic imine (C=N–C) groups is 1. The zero-order valence-corrected chi connectivity index (χ0v) is 20.5. The Kier molecular flexibility index (Phi) is 8.02. The Morgan fingerprint density at radius 1 is 1.03 bits per heavy atom. The number of carbonyl (C=O) groups excluding carboxylic acids is 2. The minimum atomic E-state index is -0.375. The molecule has 1 heterocycles. The Morgan fingerprint density at radius 2 is 1.69 bits per heavy atom. The molecule has 1 N–H and O–H groups in total. The number of hydrogen-bond donors (Lipinski definition) is 1. The maximum absolute atomic E-state index is 13.0. The summed E-state index contributed by atoms with van der Waals surface area (Å²) >= 11 is 1.32. The van der Waals surface area contributed by atoms with Gasteiger partial charge >= 0.3 is 0 Å². The first-order valence-electron chi connectivity index (χ1n) is 11.2. The molecule has 1 aliphatic heterocycles. The summed E-state index contributed by atoms with van der Waals surface area (Å²) in [5, 5.41) is 3.25. The van der Waals surface area contributed by atoms with E-state index in [2.05, 4.69) is 10.3 Å². The second kappa shape index (κ2) is 11.5. The number of amidine groups is 1. The van der Waals surface area contributed by atoms with E-state index in [-0.39, 0.29) is 24.2 Å². The zero-order valence-electron chi connectivity index (χ0n) is 19.7. The van der Waals surface area contributed by atoms with Crippen LogP contribution >= 0.6 is 11.8 Å². The Labute approximate surface area is 212 Å². The number of rotatable bonds is 8. The van der Waals surface area contributed by atoms with Crippen LogP contribution in [0.1, 0.15) is 12.5 Å². The van der Waals surface area contributed by atoms with Crippen LogP contribution in [0.15, 0.2) is 82.7 Å². The summed E-state index contributed by atoms with van der Waals surface area (Å²) in [6.07, 6.45) is 1.80. The molecule has 0 atom stereocenters. The van der Waals surface area contributed by atoms with Gasteiger partial charge in [-0.05, 0) is 91.0 Å². The maximum Gasteiger partial charge on any atom is 0.266 e. The highest BCUT2D eigenvalue weighted by Crippen LogP contribution is 2.34. The molecule has 0 aromatic heterocycles. The van der Waals surface area contributed by atoms with Crippen LogP contribution in [0.2, 0.25) is 0 Å². The first-order chi connectivity index (χ1) is 17.4. The molecule has 2 amide bonds. The smallest absolute Gasteiger partial charge is 0.266 e. The molecular formula is C27H24FN3O4S. The van der Waals surface area contributed by atoms with Crippen molar-refractivity contribution in [3.8, 4) is 11.5 Å². The SMILES string of the molecule is CCN1C(=O)/C(=C\c2ccc(OCC(=O)Nc3ccc(F)cc3)cc2)SC1=Nc1ccc(OC)cc1. The molecule has 3 aromatic carbocycles. The molecule has 0 unspecified atom stereocenters. The fraction of sp³-hybridized carbons (Fsp3) is 0.148. The first-order valence-corrected chi connectivity index (χ1v) is 12.0. The molecule has 1 fully saturated rings. The van der Waals surface area contributed by atoms with Gasteiger partial charge in [0.2, 0.25) is 0 Å². The number of carbonyl (C=O) groups is 2. The van der Waals surface area contributed by atoms with Crippen LogP contribution in [0, 0.1) is 5.82 Å². The van der Waals surface area contributed by atoms with E-state index in [0.717, 1.165) is 17.0 Å². The number of nitrogens with zero attached hydrogens (tertiary/aromatic N) is 2. The molecule has 0 saturated carbocycles. The lowest BCUT2D eigenvalue weighted by atomic mass is 10.2. The van der Waals surface area contributed by atoms with Gasteiger partial charge in [-0.25, -0.2) is 9.38 Å². The molecular weight excluding hydrogens is 481 g/mol. The summed E-state index contributed by atoms with van der Waals surface area (Å²) in [6, 6.07) is 19.9. The van der Waals surface area contributed by atoms with E-state index in [0.29, 0.717) is 28.1 Å². The molecule has 0 aliphatic carbocycles. The van der Waals surface area contributed by atoms with E-state index in [9.17, 15) is 14.0 Å². The predicted octanol–water partition coefficient (Wildman–Crippen LogP) is 5.48. The standard InChI is InChI=1S/C27H24FN3O4S/c1-3-31-26(33)24(36-27(31)30-21-10-14-22(34-2)15-11-21)16-18-4-12-23(13-5-18)35-17-25(32)29-20-8-6-19(28)7-9-20/h4-16H,3,17H2,1-2H3,(H,29,32)/b24-16+,30-27?. The van der Waals surface area contributed by atoms with Crippen molar-refractivity contribution in [2.75, 3.05) is 25.6 Å². The van der Waals surface area contributed by atoms with Crippen molar-refractivity contribution in [1.29, 1.82) is 0 Å². The second-order valence-electron chi connectivity index (χ2n) is 7.67. The highest BCUT2D eigenvalue weighted by atomic mass is 32.2. The summed E-state index contributed by atoms with van der Waals surface area (Å²) < 4.78 is 23.7. The molecule has 1 aliphatic rings. The van der Waals surface area contributed by atoms with Gasteiger partial charge in [0.1, 0.15) is 17.3 Å². The van der Waals surface area contributed by atoms with Crippen LogP contribution in [0.4, 0.5) is 15.8 Å². The number of methoxy groups -OCH3 is 1. The van der Waals surface area contributed by atoms with E-state index in [1.807, 2.05) is 43.3 Å². The predicted molar refractivity (Wildman–Crippen MR) is 140 cm³/mol. The summed E-state index contributed by atoms with van der Waals surface area (Å²) in [4.78, 5) is 31.8. The fourth-order valence-electron chi connectivity index (χ4n) is 3.33. The van der Waals surface area contributed by atoms with Gasteiger partial charge in [0.25, 0.3) is 11.8 Å². The van der Waals surface area contributed by atoms with Crippen LogP contribution in [-0.2, 0) is 9.59 Å². The molecule has 0 bridgehead atoms. The maximum atomic E-state index is 13.0. The summed E-state index contributed by atoms with van der Waals surface area (Å²) in [6.45, 7) is 2.22. The second-order valence-corrected chi connectivity index (χ2v) is 8.67. The van der Waals surface area contributed by atoms with Gasteiger partial charge in [0.15, 0.2) is 11.8 Å². The Balaban J connectivity index is 1.38. The van der Waals surface area contributed by atoms with Gasteiger partial charge in [-0.1, -0.05) is 12.1 Å². The quantitative estimate of drug-likeness (QED) is 0.411. The lowest BCUT2D eigenvalue weighted by Crippen LogP contribution is -2.28. The Hall–Kier alpha value is -4.11. The van der Waals surface area contributed by atoms with E-state index < -0.39 is 0 Å². The van der Waals surface area contributed by atoms with Gasteiger partial charge in [0, 0.05) is 12.2 Å². The summed E-state index contributed by atoms with van der Waals surface area (Å²) in [7, 11) is 1.61. The van der Waals surface area contributed by atoms with Crippen molar-refractivity contribution < 1.29 is 23.5 Å². The minimum absolute atomic E-state index is 0.104. The molecule has 7 nitrogen and oxygen atoms in total. The van der Waals surface area contributed by atoms with E-state index in [1.54, 1.807) is 30.2 Å². The number of thioether (sulfide) groups is 1. The average molecular weight is 506 g/mol. The summed E-state index contributed by atoms with van der Waals surface area (Å²) in [5.74, 6) is 0.411. The molecule has 4 rings (SSSR count). The van der Waals surface area contributed by atoms with Crippen molar-refractivity contribution >= 4 is 46.2 Å². The van der Waals surface area contributed by atoms with Gasteiger partial charge in [-0.3, -0.25) is 14.5 Å². The van der Waals surface area contributed by atoms with Crippen LogP contribution in [-0.4, -0.2) is 42.1 Å². The molecule has 3 aromatic rings. The lowest BCUT2D eigenvalue weighted by Gasteiger charge is -2.12. The number of likely N-dealkylation sites (N-methyl/N-ethyl adjacent to an activating group) is 1. The third kappa shape index (κ3) is 6.31. The summed E-state index contributed by atoms with van der Waals surface area (Å²) in [5.41, 5.74) is 2.04. The van der Waals surface area contributed by atoms with E-state index in [4.69, 9.17) is 9.47 Å². The monoisotopic (exact) mass is 505 g/mol. The number of anilines is 1. The number of ether oxygens (including phenoxy) is 2. The van der Waals surface area contributed by atoms with Gasteiger partial charge in [0.05, 0.1) is 17.7 Å². The number of amides is 2. The normalized spacial score (nSPS) is 15.4. The van der Waals surface area contributed by atoms with Gasteiger partial charge in [-0.2, -0.15) is 0 Å². The van der Waals surface area contributed by atoms with Gasteiger partial charge < -0.3 is 14.8 Å². The van der Waals surface area contributed by atoms with Crippen LogP contribution in [0.25, 0.3) is 6.08 Å². The molecule has 184 valence electrons. The highest BCUT2D eigenvalue weighted by Gasteiger charge is 2.32. The van der Waals surface area contributed by atoms with Crippen molar-refractivity contribution in [2.24, 2.45) is 4.99 Å². The van der Waals surface area contributed by atoms with Crippen molar-refractivity contribution in [3.05, 3.63) is 89.1 Å². The lowest BCUT2D eigenvalue weighted by molar-refractivity contribution is -0.122. The molecule has 1 saturated heterocycles. The number of hydrogen-bond acceptors (Lipinski definition) is 6. The van der Waals surface area contributed by atoms with Crippen LogP contribution in [0.3, 0.4) is 0 Å².